The number of amides is 1. The van der Waals surface area contributed by atoms with E-state index in [0.717, 1.165) is 36.1 Å². The second-order valence-corrected chi connectivity index (χ2v) is 9.77. The molecule has 0 bridgehead atoms. The van der Waals surface area contributed by atoms with Gasteiger partial charge in [-0.2, -0.15) is 0 Å². The maximum atomic E-state index is 12.8. The fourth-order valence-corrected chi connectivity index (χ4v) is 5.58. The van der Waals surface area contributed by atoms with Crippen molar-refractivity contribution in [1.82, 2.24) is 0 Å². The smallest absolute Gasteiger partial charge is 0.341 e. The maximum Gasteiger partial charge on any atom is 0.341 e. The predicted octanol–water partition coefficient (Wildman–Crippen LogP) is 5.97. The number of thioether (sulfide) groups is 1. The number of aryl methyl sites for hydroxylation is 1. The zero-order chi connectivity index (χ0) is 20.1. The molecule has 1 aromatic carbocycles. The SMILES string of the molecule is COC(=O)c1c(NC(=O)C(C)Sc2ccc(Cl)cc2)sc2c1CCCCCC2. The summed E-state index contributed by atoms with van der Waals surface area (Å²) in [6.45, 7) is 1.86. The summed E-state index contributed by atoms with van der Waals surface area (Å²) in [6, 6.07) is 7.41. The van der Waals surface area contributed by atoms with Crippen molar-refractivity contribution in [1.29, 1.82) is 0 Å². The highest BCUT2D eigenvalue weighted by molar-refractivity contribution is 8.00. The van der Waals surface area contributed by atoms with Crippen LogP contribution in [0, 0.1) is 0 Å². The third kappa shape index (κ3) is 5.10. The van der Waals surface area contributed by atoms with E-state index >= 15 is 0 Å². The van der Waals surface area contributed by atoms with Gasteiger partial charge in [0.15, 0.2) is 0 Å². The molecule has 28 heavy (non-hydrogen) atoms. The van der Waals surface area contributed by atoms with Gasteiger partial charge in [0.25, 0.3) is 0 Å². The number of ether oxygens (including phenoxy) is 1. The van der Waals surface area contributed by atoms with E-state index < -0.39 is 0 Å². The van der Waals surface area contributed by atoms with Gasteiger partial charge in [-0.3, -0.25) is 4.79 Å². The molecule has 0 saturated heterocycles. The van der Waals surface area contributed by atoms with Crippen LogP contribution in [0.25, 0.3) is 0 Å². The number of methoxy groups -OCH3 is 1. The molecule has 4 nitrogen and oxygen atoms in total. The first-order valence-electron chi connectivity index (χ1n) is 9.45. The molecule has 150 valence electrons. The summed E-state index contributed by atoms with van der Waals surface area (Å²) in [7, 11) is 1.39. The van der Waals surface area contributed by atoms with E-state index in [9.17, 15) is 9.59 Å². The van der Waals surface area contributed by atoms with Crippen molar-refractivity contribution >= 4 is 51.6 Å². The monoisotopic (exact) mass is 437 g/mol. The molecule has 7 heteroatoms. The lowest BCUT2D eigenvalue weighted by Gasteiger charge is -2.13. The Morgan fingerprint density at radius 2 is 1.82 bits per heavy atom. The predicted molar refractivity (Wildman–Crippen MR) is 117 cm³/mol. The Hall–Kier alpha value is -1.50. The zero-order valence-electron chi connectivity index (χ0n) is 16.0. The zero-order valence-corrected chi connectivity index (χ0v) is 18.4. The summed E-state index contributed by atoms with van der Waals surface area (Å²) in [5.74, 6) is -0.495. The van der Waals surface area contributed by atoms with Crippen LogP contribution < -0.4 is 5.32 Å². The van der Waals surface area contributed by atoms with Crippen LogP contribution >= 0.6 is 34.7 Å². The number of rotatable bonds is 5. The van der Waals surface area contributed by atoms with Crippen molar-refractivity contribution in [3.63, 3.8) is 0 Å². The molecule has 2 aromatic rings. The number of nitrogens with one attached hydrogen (secondary N) is 1. The van der Waals surface area contributed by atoms with E-state index in [1.807, 2.05) is 31.2 Å². The molecule has 1 unspecified atom stereocenters. The first kappa shape index (κ1) is 21.2. The first-order chi connectivity index (χ1) is 13.5. The van der Waals surface area contributed by atoms with Crippen LogP contribution in [-0.2, 0) is 22.4 Å². The molecule has 1 atom stereocenters. The van der Waals surface area contributed by atoms with Gasteiger partial charge >= 0.3 is 5.97 Å². The van der Waals surface area contributed by atoms with Crippen molar-refractivity contribution in [2.75, 3.05) is 12.4 Å². The normalized spacial score (nSPS) is 15.1. The summed E-state index contributed by atoms with van der Waals surface area (Å²) in [4.78, 5) is 27.4. The summed E-state index contributed by atoms with van der Waals surface area (Å²) in [5.41, 5.74) is 1.60. The Kier molecular flexibility index (Phi) is 7.43. The molecule has 1 aliphatic rings. The average molecular weight is 438 g/mol. The van der Waals surface area contributed by atoms with Gasteiger partial charge in [-0.15, -0.1) is 23.1 Å². The van der Waals surface area contributed by atoms with Gasteiger partial charge in [-0.25, -0.2) is 4.79 Å². The molecule has 0 saturated carbocycles. The molecule has 1 aliphatic carbocycles. The topological polar surface area (TPSA) is 55.4 Å². The van der Waals surface area contributed by atoms with Gasteiger partial charge in [0.2, 0.25) is 5.91 Å². The van der Waals surface area contributed by atoms with E-state index in [-0.39, 0.29) is 17.1 Å². The molecule has 3 rings (SSSR count). The summed E-state index contributed by atoms with van der Waals surface area (Å²) in [6.07, 6.45) is 6.37. The summed E-state index contributed by atoms with van der Waals surface area (Å²) >= 11 is 8.90. The van der Waals surface area contributed by atoms with Gasteiger partial charge in [0.1, 0.15) is 5.00 Å². The van der Waals surface area contributed by atoms with Crippen LogP contribution in [0.3, 0.4) is 0 Å². The van der Waals surface area contributed by atoms with Gasteiger partial charge in [-0.1, -0.05) is 24.4 Å². The number of halogens is 1. The minimum Gasteiger partial charge on any atom is -0.465 e. The highest BCUT2D eigenvalue weighted by Gasteiger charge is 2.27. The molecule has 1 aromatic heterocycles. The largest absolute Gasteiger partial charge is 0.465 e. The minimum atomic E-state index is -0.369. The second-order valence-electron chi connectivity index (χ2n) is 6.82. The average Bonchev–Trinajstić information content (AvgIpc) is 2.99. The molecule has 0 fully saturated rings. The third-order valence-electron chi connectivity index (χ3n) is 4.79. The van der Waals surface area contributed by atoms with Gasteiger partial charge in [0, 0.05) is 14.8 Å². The summed E-state index contributed by atoms with van der Waals surface area (Å²) < 4.78 is 5.02. The lowest BCUT2D eigenvalue weighted by atomic mass is 9.96. The van der Waals surface area contributed by atoms with Crippen LogP contribution in [0.5, 0.6) is 0 Å². The lowest BCUT2D eigenvalue weighted by Crippen LogP contribution is -2.23. The quantitative estimate of drug-likeness (QED) is 0.462. The van der Waals surface area contributed by atoms with Crippen molar-refractivity contribution in [3.05, 3.63) is 45.3 Å². The molecule has 0 aliphatic heterocycles. The number of thiophene rings is 1. The fourth-order valence-electron chi connectivity index (χ4n) is 3.31. The second kappa shape index (κ2) is 9.81. The van der Waals surface area contributed by atoms with Gasteiger partial charge in [0.05, 0.1) is 17.9 Å². The highest BCUT2D eigenvalue weighted by Crippen LogP contribution is 2.38. The number of anilines is 1. The standard InChI is InChI=1S/C21H24ClNO3S2/c1-13(27-15-11-9-14(22)10-12-15)19(24)23-20-18(21(25)26-2)16-7-5-3-4-6-8-17(16)28-20/h9-13H,3-8H2,1-2H3,(H,23,24). The number of esters is 1. The molecular weight excluding hydrogens is 414 g/mol. The molecule has 0 spiro atoms. The Morgan fingerprint density at radius 1 is 1.14 bits per heavy atom. The van der Waals surface area contributed by atoms with Crippen molar-refractivity contribution < 1.29 is 14.3 Å². The highest BCUT2D eigenvalue weighted by atomic mass is 35.5. The fraction of sp³-hybridized carbons (Fsp3) is 0.429. The van der Waals surface area contributed by atoms with E-state index in [1.165, 1.54) is 47.9 Å². The molecule has 1 N–H and O–H groups in total. The molecule has 1 heterocycles. The van der Waals surface area contributed by atoms with Crippen molar-refractivity contribution in [2.45, 2.75) is 55.6 Å². The van der Waals surface area contributed by atoms with Crippen LogP contribution in [0.4, 0.5) is 5.00 Å². The Balaban J connectivity index is 1.79. The van der Waals surface area contributed by atoms with Crippen molar-refractivity contribution in [3.8, 4) is 0 Å². The van der Waals surface area contributed by atoms with Crippen LogP contribution in [0.15, 0.2) is 29.2 Å². The Labute approximate surface area is 179 Å². The van der Waals surface area contributed by atoms with E-state index in [1.54, 1.807) is 0 Å². The number of fused-ring (bicyclic) bond motifs is 1. The first-order valence-corrected chi connectivity index (χ1v) is 11.5. The van der Waals surface area contributed by atoms with Crippen LogP contribution in [0.1, 0.15) is 53.4 Å². The lowest BCUT2D eigenvalue weighted by molar-refractivity contribution is -0.115. The Bertz CT molecular complexity index is 848. The summed E-state index contributed by atoms with van der Waals surface area (Å²) in [5, 5.41) is 3.96. The number of carbonyl (C=O) groups is 2. The van der Waals surface area contributed by atoms with Gasteiger partial charge in [-0.05, 0) is 62.4 Å². The number of carbonyl (C=O) groups excluding carboxylic acids is 2. The number of hydrogen-bond donors (Lipinski definition) is 1. The van der Waals surface area contributed by atoms with Gasteiger partial charge < -0.3 is 10.1 Å². The van der Waals surface area contributed by atoms with E-state index in [0.29, 0.717) is 15.6 Å². The number of benzene rings is 1. The number of hydrogen-bond acceptors (Lipinski definition) is 5. The third-order valence-corrected chi connectivity index (χ3v) is 7.36. The minimum absolute atomic E-state index is 0.126. The molecule has 1 amide bonds. The van der Waals surface area contributed by atoms with Crippen LogP contribution in [-0.4, -0.2) is 24.2 Å². The van der Waals surface area contributed by atoms with E-state index in [4.69, 9.17) is 16.3 Å². The van der Waals surface area contributed by atoms with Crippen LogP contribution in [0.2, 0.25) is 5.02 Å². The maximum absolute atomic E-state index is 12.8. The Morgan fingerprint density at radius 3 is 2.50 bits per heavy atom. The van der Waals surface area contributed by atoms with E-state index in [2.05, 4.69) is 5.32 Å². The molecule has 0 radical (unpaired) electrons. The molecular formula is C21H24ClNO3S2. The van der Waals surface area contributed by atoms with Crippen molar-refractivity contribution in [2.24, 2.45) is 0 Å².